The lowest BCUT2D eigenvalue weighted by molar-refractivity contribution is -0.113. The third-order valence-electron chi connectivity index (χ3n) is 4.94. The van der Waals surface area contributed by atoms with Crippen molar-refractivity contribution in [2.45, 2.75) is 6.61 Å². The van der Waals surface area contributed by atoms with Gasteiger partial charge < -0.3 is 14.6 Å². The molecule has 1 heterocycles. The summed E-state index contributed by atoms with van der Waals surface area (Å²) in [5.74, 6) is -0.490. The molecule has 0 bridgehead atoms. The molecule has 1 saturated heterocycles. The van der Waals surface area contributed by atoms with E-state index in [1.807, 2.05) is 0 Å². The fourth-order valence-corrected chi connectivity index (χ4v) is 4.28. The Kier molecular flexibility index (Phi) is 6.90. The molecule has 3 aromatic rings. The standard InChI is InChI=1S/C25H18ClNO6S/c1-32-21-11-16(7-10-20(21)33-14-15-5-8-17(9-6-15)24(29)30)12-22-23(28)27(25(31)34-22)19-4-2-3-18(26)13-19/h2-13H,14H2,1H3,(H,29,30)/b22-12+. The molecule has 0 unspecified atom stereocenters. The lowest BCUT2D eigenvalue weighted by Crippen LogP contribution is -2.27. The lowest BCUT2D eigenvalue weighted by atomic mass is 10.1. The van der Waals surface area contributed by atoms with Crippen LogP contribution in [0.15, 0.2) is 71.6 Å². The maximum absolute atomic E-state index is 12.9. The summed E-state index contributed by atoms with van der Waals surface area (Å²) < 4.78 is 11.2. The van der Waals surface area contributed by atoms with Crippen molar-refractivity contribution in [2.75, 3.05) is 12.0 Å². The molecule has 1 aliphatic rings. The maximum Gasteiger partial charge on any atom is 0.335 e. The number of benzene rings is 3. The van der Waals surface area contributed by atoms with Gasteiger partial charge in [-0.3, -0.25) is 9.59 Å². The van der Waals surface area contributed by atoms with Crippen LogP contribution in [-0.2, 0) is 11.4 Å². The van der Waals surface area contributed by atoms with Crippen LogP contribution in [0.2, 0.25) is 5.02 Å². The van der Waals surface area contributed by atoms with E-state index in [4.69, 9.17) is 26.2 Å². The zero-order valence-electron chi connectivity index (χ0n) is 17.9. The van der Waals surface area contributed by atoms with Crippen molar-refractivity contribution in [3.05, 3.63) is 93.3 Å². The van der Waals surface area contributed by atoms with Crippen LogP contribution >= 0.6 is 23.4 Å². The van der Waals surface area contributed by atoms with Gasteiger partial charge in [-0.1, -0.05) is 35.9 Å². The minimum absolute atomic E-state index is 0.199. The number of aromatic carboxylic acids is 1. The van der Waals surface area contributed by atoms with E-state index in [0.717, 1.165) is 22.2 Å². The predicted octanol–water partition coefficient (Wildman–Crippen LogP) is 5.87. The second kappa shape index (κ2) is 10.0. The average molecular weight is 496 g/mol. The van der Waals surface area contributed by atoms with Gasteiger partial charge >= 0.3 is 5.97 Å². The van der Waals surface area contributed by atoms with Crippen LogP contribution in [0.25, 0.3) is 6.08 Å². The Bertz CT molecular complexity index is 1310. The molecule has 172 valence electrons. The molecule has 34 heavy (non-hydrogen) atoms. The van der Waals surface area contributed by atoms with Gasteiger partial charge in [0, 0.05) is 5.02 Å². The molecule has 0 radical (unpaired) electrons. The molecule has 1 N–H and O–H groups in total. The zero-order chi connectivity index (χ0) is 24.2. The Hall–Kier alpha value is -3.75. The smallest absolute Gasteiger partial charge is 0.335 e. The van der Waals surface area contributed by atoms with E-state index < -0.39 is 17.1 Å². The summed E-state index contributed by atoms with van der Waals surface area (Å²) in [4.78, 5) is 37.7. The number of carbonyl (C=O) groups is 3. The molecule has 0 atom stereocenters. The zero-order valence-corrected chi connectivity index (χ0v) is 19.4. The number of imide groups is 1. The number of halogens is 1. The molecule has 2 amide bonds. The fraction of sp³-hybridized carbons (Fsp3) is 0.0800. The number of hydrogen-bond donors (Lipinski definition) is 1. The number of carboxylic acid groups (broad SMARTS) is 1. The number of ether oxygens (including phenoxy) is 2. The lowest BCUT2D eigenvalue weighted by Gasteiger charge is -2.12. The summed E-state index contributed by atoms with van der Waals surface area (Å²) in [6, 6.07) is 18.1. The van der Waals surface area contributed by atoms with Crippen molar-refractivity contribution in [1.29, 1.82) is 0 Å². The van der Waals surface area contributed by atoms with E-state index in [-0.39, 0.29) is 17.1 Å². The summed E-state index contributed by atoms with van der Waals surface area (Å²) in [6.45, 7) is 0.216. The summed E-state index contributed by atoms with van der Waals surface area (Å²) in [5.41, 5.74) is 2.07. The van der Waals surface area contributed by atoms with Crippen LogP contribution < -0.4 is 14.4 Å². The second-order valence-electron chi connectivity index (χ2n) is 7.20. The molecule has 0 aromatic heterocycles. The molecular formula is C25H18ClNO6S. The summed E-state index contributed by atoms with van der Waals surface area (Å²) in [7, 11) is 1.50. The predicted molar refractivity (Wildman–Crippen MR) is 131 cm³/mol. The normalized spacial score (nSPS) is 14.5. The number of amides is 2. The largest absolute Gasteiger partial charge is 0.493 e. The Morgan fingerprint density at radius 1 is 1.06 bits per heavy atom. The van der Waals surface area contributed by atoms with Crippen molar-refractivity contribution in [2.24, 2.45) is 0 Å². The van der Waals surface area contributed by atoms with Crippen LogP contribution in [0.1, 0.15) is 21.5 Å². The molecule has 0 aliphatic carbocycles. The molecule has 1 fully saturated rings. The van der Waals surface area contributed by atoms with Crippen LogP contribution in [0, 0.1) is 0 Å². The first-order valence-electron chi connectivity index (χ1n) is 10.0. The summed E-state index contributed by atoms with van der Waals surface area (Å²) in [6.07, 6.45) is 1.62. The quantitative estimate of drug-likeness (QED) is 0.410. The Labute approximate surface area is 204 Å². The van der Waals surface area contributed by atoms with Crippen molar-refractivity contribution in [1.82, 2.24) is 0 Å². The average Bonchev–Trinajstić information content (AvgIpc) is 3.10. The fourth-order valence-electron chi connectivity index (χ4n) is 3.25. The highest BCUT2D eigenvalue weighted by atomic mass is 35.5. The first-order chi connectivity index (χ1) is 16.4. The monoisotopic (exact) mass is 495 g/mol. The van der Waals surface area contributed by atoms with Crippen LogP contribution in [0.4, 0.5) is 10.5 Å². The van der Waals surface area contributed by atoms with Gasteiger partial charge in [-0.05, 0) is 71.4 Å². The van der Waals surface area contributed by atoms with Crippen molar-refractivity contribution < 1.29 is 29.0 Å². The van der Waals surface area contributed by atoms with Crippen molar-refractivity contribution in [3.63, 3.8) is 0 Å². The number of rotatable bonds is 7. The van der Waals surface area contributed by atoms with Crippen LogP contribution in [-0.4, -0.2) is 29.3 Å². The van der Waals surface area contributed by atoms with Gasteiger partial charge in [0.1, 0.15) is 6.61 Å². The maximum atomic E-state index is 12.9. The number of anilines is 1. The third kappa shape index (κ3) is 5.08. The Morgan fingerprint density at radius 2 is 1.82 bits per heavy atom. The number of carboxylic acids is 1. The van der Waals surface area contributed by atoms with Gasteiger partial charge in [0.05, 0.1) is 23.3 Å². The Balaban J connectivity index is 1.50. The van der Waals surface area contributed by atoms with Gasteiger partial charge in [0.15, 0.2) is 11.5 Å². The number of hydrogen-bond acceptors (Lipinski definition) is 6. The summed E-state index contributed by atoms with van der Waals surface area (Å²) >= 11 is 6.84. The minimum atomic E-state index is -0.991. The highest BCUT2D eigenvalue weighted by Gasteiger charge is 2.36. The molecule has 0 spiro atoms. The van der Waals surface area contributed by atoms with E-state index in [1.54, 1.807) is 60.7 Å². The summed E-state index contributed by atoms with van der Waals surface area (Å²) in [5, 5.41) is 9.02. The molecule has 3 aromatic carbocycles. The van der Waals surface area contributed by atoms with Gasteiger partial charge in [0.25, 0.3) is 11.1 Å². The number of thioether (sulfide) groups is 1. The molecule has 0 saturated carbocycles. The first-order valence-corrected chi connectivity index (χ1v) is 11.2. The number of carbonyl (C=O) groups excluding carboxylic acids is 2. The third-order valence-corrected chi connectivity index (χ3v) is 6.05. The topological polar surface area (TPSA) is 93.1 Å². The van der Waals surface area contributed by atoms with E-state index in [1.165, 1.54) is 19.2 Å². The first kappa shape index (κ1) is 23.4. The van der Waals surface area contributed by atoms with Gasteiger partial charge in [0.2, 0.25) is 0 Å². The minimum Gasteiger partial charge on any atom is -0.493 e. The van der Waals surface area contributed by atoms with E-state index >= 15 is 0 Å². The van der Waals surface area contributed by atoms with E-state index in [9.17, 15) is 14.4 Å². The van der Waals surface area contributed by atoms with Gasteiger partial charge in [-0.25, -0.2) is 9.69 Å². The molecule has 9 heteroatoms. The molecule has 1 aliphatic heterocycles. The van der Waals surface area contributed by atoms with Gasteiger partial charge in [-0.2, -0.15) is 0 Å². The Morgan fingerprint density at radius 3 is 2.50 bits per heavy atom. The highest BCUT2D eigenvalue weighted by molar-refractivity contribution is 8.19. The van der Waals surface area contributed by atoms with Crippen molar-refractivity contribution >= 4 is 52.2 Å². The highest BCUT2D eigenvalue weighted by Crippen LogP contribution is 2.37. The van der Waals surface area contributed by atoms with Crippen LogP contribution in [0.5, 0.6) is 11.5 Å². The second-order valence-corrected chi connectivity index (χ2v) is 8.63. The van der Waals surface area contributed by atoms with E-state index in [2.05, 4.69) is 0 Å². The molecule has 4 rings (SSSR count). The SMILES string of the molecule is COc1cc(/C=C2/SC(=O)N(c3cccc(Cl)c3)C2=O)ccc1OCc1ccc(C(=O)O)cc1. The van der Waals surface area contributed by atoms with Crippen molar-refractivity contribution in [3.8, 4) is 11.5 Å². The number of nitrogens with zero attached hydrogens (tertiary/aromatic N) is 1. The van der Waals surface area contributed by atoms with Gasteiger partial charge in [-0.15, -0.1) is 0 Å². The molecule has 7 nitrogen and oxygen atoms in total. The van der Waals surface area contributed by atoms with E-state index in [0.29, 0.717) is 27.8 Å². The number of methoxy groups -OCH3 is 1. The van der Waals surface area contributed by atoms with Crippen LogP contribution in [0.3, 0.4) is 0 Å². The molecular weight excluding hydrogens is 478 g/mol.